The lowest BCUT2D eigenvalue weighted by molar-refractivity contribution is -0.167. The second kappa shape index (κ2) is 18.8. The number of nitrogens with two attached hydrogens (primary N) is 1. The maximum absolute atomic E-state index is 6.42. The van der Waals surface area contributed by atoms with Gasteiger partial charge in [-0.25, -0.2) is 0 Å². The quantitative estimate of drug-likeness (QED) is 0.123. The van der Waals surface area contributed by atoms with Gasteiger partial charge in [-0.1, -0.05) is 0 Å². The molecule has 200 valence electrons. The SMILES string of the molecule is CC(C)OC(CPCCC(CN)(CCPCC(OC(C)C)OC(C)C)OC(C)C)OC(C)C. The van der Waals surface area contributed by atoms with Crippen molar-refractivity contribution < 1.29 is 23.7 Å². The van der Waals surface area contributed by atoms with Crippen LogP contribution in [0.3, 0.4) is 0 Å². The molecular formula is C25H55NO5P2. The van der Waals surface area contributed by atoms with Gasteiger partial charge in [-0.15, -0.1) is 17.2 Å². The Balaban J connectivity index is 4.75. The molecule has 6 nitrogen and oxygen atoms in total. The van der Waals surface area contributed by atoms with Crippen LogP contribution in [0, 0.1) is 0 Å². The zero-order valence-corrected chi connectivity index (χ0v) is 25.1. The van der Waals surface area contributed by atoms with Crippen molar-refractivity contribution in [3.8, 4) is 0 Å². The normalized spacial score (nSPS) is 15.5. The van der Waals surface area contributed by atoms with Crippen LogP contribution in [0.25, 0.3) is 0 Å². The van der Waals surface area contributed by atoms with Crippen LogP contribution in [0.5, 0.6) is 0 Å². The fourth-order valence-corrected chi connectivity index (χ4v) is 6.07. The minimum Gasteiger partial charge on any atom is -0.371 e. The molecule has 0 heterocycles. The van der Waals surface area contributed by atoms with Crippen molar-refractivity contribution in [2.45, 2.75) is 131 Å². The standard InChI is InChI=1S/C25H55NO5P2/c1-18(2)27-23(28-19(3)4)15-32-13-11-25(17-26,31-22(9)10)12-14-33-16-24(29-20(5)6)30-21(7)8/h18-24,32-33H,11-17,26H2,1-10H3. The van der Waals surface area contributed by atoms with Crippen LogP contribution in [0.2, 0.25) is 0 Å². The first-order valence-corrected chi connectivity index (χ1v) is 15.6. The van der Waals surface area contributed by atoms with Gasteiger partial charge < -0.3 is 29.4 Å². The molecule has 0 bridgehead atoms. The molecule has 0 aliphatic carbocycles. The van der Waals surface area contributed by atoms with Crippen molar-refractivity contribution in [1.29, 1.82) is 0 Å². The summed E-state index contributed by atoms with van der Waals surface area (Å²) in [6.45, 7) is 21.2. The van der Waals surface area contributed by atoms with Gasteiger partial charge in [0.05, 0.1) is 36.1 Å². The van der Waals surface area contributed by atoms with Gasteiger partial charge in [0, 0.05) is 18.9 Å². The van der Waals surface area contributed by atoms with Crippen LogP contribution in [-0.4, -0.2) is 79.9 Å². The highest BCUT2D eigenvalue weighted by Crippen LogP contribution is 2.30. The molecule has 33 heavy (non-hydrogen) atoms. The van der Waals surface area contributed by atoms with Crippen LogP contribution in [-0.2, 0) is 23.7 Å². The van der Waals surface area contributed by atoms with E-state index in [-0.39, 0.29) is 48.7 Å². The van der Waals surface area contributed by atoms with Crippen LogP contribution in [0.4, 0.5) is 0 Å². The minimum absolute atomic E-state index is 0.137. The molecule has 0 radical (unpaired) electrons. The summed E-state index contributed by atoms with van der Waals surface area (Å²) in [5, 5.41) is 0. The molecule has 0 fully saturated rings. The third-order valence-corrected chi connectivity index (χ3v) is 7.14. The minimum atomic E-state index is -0.269. The zero-order chi connectivity index (χ0) is 25.4. The highest BCUT2D eigenvalue weighted by molar-refractivity contribution is 7.38. The first-order valence-electron chi connectivity index (χ1n) is 12.8. The van der Waals surface area contributed by atoms with Gasteiger partial charge in [-0.2, -0.15) is 0 Å². The fraction of sp³-hybridized carbons (Fsp3) is 1.00. The Morgan fingerprint density at radius 2 is 0.909 bits per heavy atom. The van der Waals surface area contributed by atoms with Crippen LogP contribution in [0.1, 0.15) is 82.1 Å². The van der Waals surface area contributed by atoms with Crippen molar-refractivity contribution in [2.24, 2.45) is 5.73 Å². The number of hydrogen-bond donors (Lipinski definition) is 1. The summed E-state index contributed by atoms with van der Waals surface area (Å²) in [5.74, 6) is 0. The summed E-state index contributed by atoms with van der Waals surface area (Å²) in [5.41, 5.74) is 6.02. The second-order valence-electron chi connectivity index (χ2n) is 10.1. The summed E-state index contributed by atoms with van der Waals surface area (Å²) >= 11 is 0. The highest BCUT2D eigenvalue weighted by atomic mass is 31.1. The van der Waals surface area contributed by atoms with E-state index in [0.29, 0.717) is 6.54 Å². The monoisotopic (exact) mass is 511 g/mol. The molecule has 0 aromatic rings. The zero-order valence-electron chi connectivity index (χ0n) is 23.1. The van der Waals surface area contributed by atoms with Gasteiger partial charge in [0.25, 0.3) is 0 Å². The van der Waals surface area contributed by atoms with Crippen LogP contribution in [0.15, 0.2) is 0 Å². The van der Waals surface area contributed by atoms with E-state index in [9.17, 15) is 0 Å². The van der Waals surface area contributed by atoms with Crippen molar-refractivity contribution in [3.63, 3.8) is 0 Å². The van der Waals surface area contributed by atoms with E-state index in [1.165, 1.54) is 0 Å². The van der Waals surface area contributed by atoms with Crippen LogP contribution >= 0.6 is 17.2 Å². The maximum Gasteiger partial charge on any atom is 0.161 e. The number of rotatable bonds is 21. The van der Waals surface area contributed by atoms with Gasteiger partial charge in [0.15, 0.2) is 12.6 Å². The topological polar surface area (TPSA) is 72.2 Å². The molecule has 0 aliphatic heterocycles. The summed E-state index contributed by atoms with van der Waals surface area (Å²) in [4.78, 5) is 0. The molecule has 2 atom stereocenters. The summed E-state index contributed by atoms with van der Waals surface area (Å²) in [6, 6.07) is 0. The summed E-state index contributed by atoms with van der Waals surface area (Å²) < 4.78 is 30.2. The lowest BCUT2D eigenvalue weighted by Crippen LogP contribution is -2.44. The molecule has 0 saturated carbocycles. The van der Waals surface area contributed by atoms with E-state index < -0.39 is 0 Å². The van der Waals surface area contributed by atoms with E-state index in [0.717, 1.165) is 54.7 Å². The molecule has 0 rings (SSSR count). The van der Waals surface area contributed by atoms with Gasteiger partial charge in [-0.05, 0) is 94.4 Å². The first-order chi connectivity index (χ1) is 15.4. The van der Waals surface area contributed by atoms with E-state index >= 15 is 0 Å². The predicted octanol–water partition coefficient (Wildman–Crippen LogP) is 5.60. The average molecular weight is 512 g/mol. The average Bonchev–Trinajstić information content (AvgIpc) is 2.65. The largest absolute Gasteiger partial charge is 0.371 e. The molecule has 0 spiro atoms. The molecule has 0 saturated heterocycles. The predicted molar refractivity (Wildman–Crippen MR) is 146 cm³/mol. The molecular weight excluding hydrogens is 456 g/mol. The number of ether oxygens (including phenoxy) is 5. The highest BCUT2D eigenvalue weighted by Gasteiger charge is 2.30. The summed E-state index contributed by atoms with van der Waals surface area (Å²) in [6.07, 6.45) is 6.44. The Morgan fingerprint density at radius 1 is 0.576 bits per heavy atom. The Bertz CT molecular complexity index is 412. The molecule has 2 unspecified atom stereocenters. The van der Waals surface area contributed by atoms with Crippen molar-refractivity contribution in [1.82, 2.24) is 0 Å². The fourth-order valence-electron chi connectivity index (χ4n) is 3.54. The number of hydrogen-bond acceptors (Lipinski definition) is 6. The van der Waals surface area contributed by atoms with Gasteiger partial charge in [0.1, 0.15) is 0 Å². The lowest BCUT2D eigenvalue weighted by atomic mass is 9.97. The van der Waals surface area contributed by atoms with E-state index in [1.807, 2.05) is 0 Å². The molecule has 0 aromatic heterocycles. The van der Waals surface area contributed by atoms with E-state index in [1.54, 1.807) is 0 Å². The lowest BCUT2D eigenvalue weighted by Gasteiger charge is -2.35. The van der Waals surface area contributed by atoms with Gasteiger partial charge in [-0.3, -0.25) is 0 Å². The van der Waals surface area contributed by atoms with Crippen molar-refractivity contribution in [3.05, 3.63) is 0 Å². The van der Waals surface area contributed by atoms with E-state index in [4.69, 9.17) is 29.4 Å². The molecule has 0 aromatic carbocycles. The third kappa shape index (κ3) is 18.5. The Hall–Kier alpha value is 0.620. The van der Waals surface area contributed by atoms with Gasteiger partial charge in [0.2, 0.25) is 0 Å². The van der Waals surface area contributed by atoms with E-state index in [2.05, 4.69) is 69.2 Å². The third-order valence-electron chi connectivity index (χ3n) is 4.69. The maximum atomic E-state index is 6.42. The summed E-state index contributed by atoms with van der Waals surface area (Å²) in [7, 11) is 1.51. The Labute approximate surface area is 208 Å². The van der Waals surface area contributed by atoms with Gasteiger partial charge >= 0.3 is 0 Å². The molecule has 0 amide bonds. The van der Waals surface area contributed by atoms with Crippen molar-refractivity contribution in [2.75, 3.05) is 31.2 Å². The molecule has 2 N–H and O–H groups in total. The molecule has 8 heteroatoms. The van der Waals surface area contributed by atoms with Crippen LogP contribution < -0.4 is 5.73 Å². The van der Waals surface area contributed by atoms with Crippen molar-refractivity contribution >= 4 is 17.2 Å². The first kappa shape index (κ1) is 33.6. The Kier molecular flexibility index (Phi) is 19.2. The molecule has 0 aliphatic rings. The smallest absolute Gasteiger partial charge is 0.161 e. The second-order valence-corrected chi connectivity index (χ2v) is 12.9. The Morgan fingerprint density at radius 3 is 1.15 bits per heavy atom.